The van der Waals surface area contributed by atoms with E-state index < -0.39 is 0 Å². The Morgan fingerprint density at radius 3 is 2.65 bits per heavy atom. The minimum atomic E-state index is 0.824. The van der Waals surface area contributed by atoms with Crippen LogP contribution in [0.5, 0.6) is 0 Å². The molecule has 0 spiro atoms. The van der Waals surface area contributed by atoms with Crippen molar-refractivity contribution in [3.8, 4) is 0 Å². The van der Waals surface area contributed by atoms with Gasteiger partial charge in [-0.15, -0.1) is 0 Å². The fourth-order valence-electron chi connectivity index (χ4n) is 1.97. The fraction of sp³-hybridized carbons (Fsp3) is 0.0714. The van der Waals surface area contributed by atoms with Gasteiger partial charge in [-0.05, 0) is 34.2 Å². The zero-order valence-electron chi connectivity index (χ0n) is 9.18. The average Bonchev–Trinajstić information content (AvgIpc) is 2.75. The van der Waals surface area contributed by atoms with Crippen molar-refractivity contribution in [3.05, 3.63) is 63.9 Å². The molecule has 84 valence electrons. The number of para-hydroxylation sites is 1. The molecular formula is C14H11IN2. The van der Waals surface area contributed by atoms with E-state index in [1.54, 1.807) is 0 Å². The molecule has 0 radical (unpaired) electrons. The van der Waals surface area contributed by atoms with Gasteiger partial charge in [-0.2, -0.15) is 5.10 Å². The zero-order chi connectivity index (χ0) is 11.7. The van der Waals surface area contributed by atoms with Crippen molar-refractivity contribution in [1.82, 2.24) is 9.78 Å². The molecule has 0 saturated heterocycles. The molecule has 0 aliphatic heterocycles. The topological polar surface area (TPSA) is 17.8 Å². The Morgan fingerprint density at radius 2 is 1.82 bits per heavy atom. The van der Waals surface area contributed by atoms with Crippen LogP contribution < -0.4 is 0 Å². The first-order valence-electron chi connectivity index (χ1n) is 5.48. The maximum absolute atomic E-state index is 4.46. The Kier molecular flexibility index (Phi) is 2.84. The maximum Gasteiger partial charge on any atom is 0.0819 e. The van der Waals surface area contributed by atoms with Gasteiger partial charge in [0.25, 0.3) is 0 Å². The molecule has 0 fully saturated rings. The van der Waals surface area contributed by atoms with Gasteiger partial charge in [0.15, 0.2) is 0 Å². The van der Waals surface area contributed by atoms with Crippen LogP contribution in [0.3, 0.4) is 0 Å². The van der Waals surface area contributed by atoms with Crippen molar-refractivity contribution in [3.63, 3.8) is 0 Å². The smallest absolute Gasteiger partial charge is 0.0819 e. The average molecular weight is 334 g/mol. The summed E-state index contributed by atoms with van der Waals surface area (Å²) in [4.78, 5) is 0. The van der Waals surface area contributed by atoms with Gasteiger partial charge in [0, 0.05) is 8.96 Å². The minimum Gasteiger partial charge on any atom is -0.259 e. The predicted octanol–water partition coefficient (Wildman–Crippen LogP) is 3.69. The molecule has 1 heterocycles. The lowest BCUT2D eigenvalue weighted by Crippen LogP contribution is -2.01. The van der Waals surface area contributed by atoms with E-state index in [2.05, 4.69) is 74.8 Å². The van der Waals surface area contributed by atoms with Crippen molar-refractivity contribution < 1.29 is 0 Å². The summed E-state index contributed by atoms with van der Waals surface area (Å²) in [6, 6.07) is 16.7. The molecule has 0 unspecified atom stereocenters. The largest absolute Gasteiger partial charge is 0.259 e. The minimum absolute atomic E-state index is 0.824. The number of benzene rings is 2. The molecule has 0 atom stereocenters. The lowest BCUT2D eigenvalue weighted by molar-refractivity contribution is 0.711. The second kappa shape index (κ2) is 4.49. The number of rotatable bonds is 2. The van der Waals surface area contributed by atoms with Gasteiger partial charge in [0.2, 0.25) is 0 Å². The van der Waals surface area contributed by atoms with Crippen LogP contribution in [-0.2, 0) is 6.54 Å². The monoisotopic (exact) mass is 334 g/mol. The van der Waals surface area contributed by atoms with E-state index in [0.717, 1.165) is 6.54 Å². The molecule has 17 heavy (non-hydrogen) atoms. The van der Waals surface area contributed by atoms with Gasteiger partial charge in [0.05, 0.1) is 18.3 Å². The molecule has 3 aromatic rings. The predicted molar refractivity (Wildman–Crippen MR) is 78.0 cm³/mol. The van der Waals surface area contributed by atoms with Gasteiger partial charge in [-0.25, -0.2) is 0 Å². The van der Waals surface area contributed by atoms with Crippen LogP contribution in [0.15, 0.2) is 54.7 Å². The van der Waals surface area contributed by atoms with E-state index in [4.69, 9.17) is 0 Å². The SMILES string of the molecule is Ic1cccc2cnn(Cc3ccccc3)c12. The summed E-state index contributed by atoms with van der Waals surface area (Å²) in [5, 5.41) is 5.66. The number of halogens is 1. The molecule has 0 saturated carbocycles. The summed E-state index contributed by atoms with van der Waals surface area (Å²) >= 11 is 2.36. The third-order valence-electron chi connectivity index (χ3n) is 2.79. The normalized spacial score (nSPS) is 10.9. The molecular weight excluding hydrogens is 323 g/mol. The molecule has 3 heteroatoms. The summed E-state index contributed by atoms with van der Waals surface area (Å²) in [6.45, 7) is 0.824. The summed E-state index contributed by atoms with van der Waals surface area (Å²) < 4.78 is 3.31. The Bertz CT molecular complexity index is 644. The summed E-state index contributed by atoms with van der Waals surface area (Å²) in [7, 11) is 0. The molecule has 2 aromatic carbocycles. The standard InChI is InChI=1S/C14H11IN2/c15-13-8-4-7-12-9-16-17(14(12)13)10-11-5-2-1-3-6-11/h1-9H,10H2. The first-order valence-corrected chi connectivity index (χ1v) is 6.56. The second-order valence-corrected chi connectivity index (χ2v) is 5.13. The van der Waals surface area contributed by atoms with Crippen LogP contribution in [-0.4, -0.2) is 9.78 Å². The van der Waals surface area contributed by atoms with Crippen molar-refractivity contribution in [1.29, 1.82) is 0 Å². The number of hydrogen-bond acceptors (Lipinski definition) is 1. The van der Waals surface area contributed by atoms with E-state index in [9.17, 15) is 0 Å². The van der Waals surface area contributed by atoms with E-state index in [0.29, 0.717) is 0 Å². The quantitative estimate of drug-likeness (QED) is 0.654. The van der Waals surface area contributed by atoms with E-state index >= 15 is 0 Å². The first-order chi connectivity index (χ1) is 8.34. The molecule has 0 amide bonds. The van der Waals surface area contributed by atoms with Gasteiger partial charge in [0.1, 0.15) is 0 Å². The van der Waals surface area contributed by atoms with Crippen LogP contribution in [0.25, 0.3) is 10.9 Å². The second-order valence-electron chi connectivity index (χ2n) is 3.97. The van der Waals surface area contributed by atoms with Gasteiger partial charge >= 0.3 is 0 Å². The Hall–Kier alpha value is -1.36. The number of nitrogens with zero attached hydrogens (tertiary/aromatic N) is 2. The Balaban J connectivity index is 2.07. The highest BCUT2D eigenvalue weighted by Gasteiger charge is 2.05. The van der Waals surface area contributed by atoms with Crippen molar-refractivity contribution >= 4 is 33.5 Å². The molecule has 1 aromatic heterocycles. The highest BCUT2D eigenvalue weighted by Crippen LogP contribution is 2.20. The summed E-state index contributed by atoms with van der Waals surface area (Å²) in [5.41, 5.74) is 2.49. The van der Waals surface area contributed by atoms with Crippen LogP contribution in [0.1, 0.15) is 5.56 Å². The highest BCUT2D eigenvalue weighted by molar-refractivity contribution is 14.1. The maximum atomic E-state index is 4.46. The van der Waals surface area contributed by atoms with E-state index in [1.807, 2.05) is 12.3 Å². The van der Waals surface area contributed by atoms with Gasteiger partial charge < -0.3 is 0 Å². The highest BCUT2D eigenvalue weighted by atomic mass is 127. The summed E-state index contributed by atoms with van der Waals surface area (Å²) in [5.74, 6) is 0. The summed E-state index contributed by atoms with van der Waals surface area (Å²) in [6.07, 6.45) is 1.93. The van der Waals surface area contributed by atoms with Crippen LogP contribution in [0.2, 0.25) is 0 Å². The van der Waals surface area contributed by atoms with E-state index in [1.165, 1.54) is 20.0 Å². The molecule has 0 aliphatic rings. The lowest BCUT2D eigenvalue weighted by Gasteiger charge is -2.05. The van der Waals surface area contributed by atoms with Crippen LogP contribution in [0, 0.1) is 3.57 Å². The zero-order valence-corrected chi connectivity index (χ0v) is 11.3. The van der Waals surface area contributed by atoms with Gasteiger partial charge in [-0.1, -0.05) is 42.5 Å². The van der Waals surface area contributed by atoms with Crippen LogP contribution in [0.4, 0.5) is 0 Å². The lowest BCUT2D eigenvalue weighted by atomic mass is 10.2. The molecule has 2 nitrogen and oxygen atoms in total. The molecule has 0 aliphatic carbocycles. The van der Waals surface area contributed by atoms with Crippen molar-refractivity contribution in [2.45, 2.75) is 6.54 Å². The Morgan fingerprint density at radius 1 is 1.00 bits per heavy atom. The first kappa shape index (κ1) is 10.8. The molecule has 0 bridgehead atoms. The fourth-order valence-corrected chi connectivity index (χ4v) is 2.77. The van der Waals surface area contributed by atoms with Crippen molar-refractivity contribution in [2.75, 3.05) is 0 Å². The van der Waals surface area contributed by atoms with Gasteiger partial charge in [-0.3, -0.25) is 4.68 Å². The van der Waals surface area contributed by atoms with Crippen LogP contribution >= 0.6 is 22.6 Å². The number of fused-ring (bicyclic) bond motifs is 1. The molecule has 3 rings (SSSR count). The van der Waals surface area contributed by atoms with Crippen molar-refractivity contribution in [2.24, 2.45) is 0 Å². The number of aromatic nitrogens is 2. The molecule has 0 N–H and O–H groups in total. The third-order valence-corrected chi connectivity index (χ3v) is 3.66. The Labute approximate surface area is 113 Å². The third kappa shape index (κ3) is 2.07. The number of hydrogen-bond donors (Lipinski definition) is 0. The van der Waals surface area contributed by atoms with E-state index in [-0.39, 0.29) is 0 Å².